The summed E-state index contributed by atoms with van der Waals surface area (Å²) >= 11 is 0. The van der Waals surface area contributed by atoms with Crippen LogP contribution < -0.4 is 0 Å². The van der Waals surface area contributed by atoms with E-state index >= 15 is 0 Å². The van der Waals surface area contributed by atoms with E-state index in [2.05, 4.69) is 11.1 Å². The Kier molecular flexibility index (Phi) is 2.08. The maximum atomic E-state index is 11.0. The Hall–Kier alpha value is -0.380. The molecule has 0 saturated heterocycles. The molecule has 0 radical (unpaired) electrons. The molecule has 0 spiro atoms. The van der Waals surface area contributed by atoms with Crippen molar-refractivity contribution < 1.29 is 8.42 Å². The van der Waals surface area contributed by atoms with Crippen molar-refractivity contribution in [2.24, 2.45) is 4.40 Å². The van der Waals surface area contributed by atoms with Gasteiger partial charge in [0, 0.05) is 6.72 Å². The minimum atomic E-state index is -3.18. The van der Waals surface area contributed by atoms with Crippen molar-refractivity contribution in [3.63, 3.8) is 0 Å². The van der Waals surface area contributed by atoms with Gasteiger partial charge in [0.25, 0.3) is 10.0 Å². The van der Waals surface area contributed by atoms with Gasteiger partial charge in [0.1, 0.15) is 0 Å². The zero-order valence-electron chi connectivity index (χ0n) is 5.78. The van der Waals surface area contributed by atoms with Crippen molar-refractivity contribution in [2.75, 3.05) is 0 Å². The van der Waals surface area contributed by atoms with E-state index in [1.54, 1.807) is 0 Å². The second-order valence-electron chi connectivity index (χ2n) is 2.55. The highest BCUT2D eigenvalue weighted by atomic mass is 32.2. The van der Waals surface area contributed by atoms with E-state index in [9.17, 15) is 8.42 Å². The van der Waals surface area contributed by atoms with E-state index in [0.717, 1.165) is 25.7 Å². The summed E-state index contributed by atoms with van der Waals surface area (Å²) < 4.78 is 25.1. The van der Waals surface area contributed by atoms with Gasteiger partial charge in [0.2, 0.25) is 0 Å². The molecular weight excluding hydrogens is 150 g/mol. The van der Waals surface area contributed by atoms with Gasteiger partial charge in [-0.2, -0.15) is 4.40 Å². The molecule has 0 aromatic carbocycles. The number of hydrogen-bond acceptors (Lipinski definition) is 2. The predicted octanol–water partition coefficient (Wildman–Crippen LogP) is 0.959. The van der Waals surface area contributed by atoms with Crippen LogP contribution in [0.4, 0.5) is 0 Å². The second kappa shape index (κ2) is 2.70. The average Bonchev–Trinajstić information content (AvgIpc) is 2.38. The summed E-state index contributed by atoms with van der Waals surface area (Å²) in [5.74, 6) is 0. The van der Waals surface area contributed by atoms with Crippen molar-refractivity contribution in [3.8, 4) is 0 Å². The molecule has 10 heavy (non-hydrogen) atoms. The highest BCUT2D eigenvalue weighted by Crippen LogP contribution is 2.25. The molecule has 1 fully saturated rings. The molecule has 0 aromatic rings. The van der Waals surface area contributed by atoms with E-state index in [4.69, 9.17) is 0 Å². The molecule has 58 valence electrons. The fourth-order valence-electron chi connectivity index (χ4n) is 1.29. The molecule has 1 aliphatic rings. The van der Waals surface area contributed by atoms with Crippen molar-refractivity contribution >= 4 is 16.7 Å². The summed E-state index contributed by atoms with van der Waals surface area (Å²) in [6, 6.07) is 0. The molecule has 1 rings (SSSR count). The monoisotopic (exact) mass is 161 g/mol. The lowest BCUT2D eigenvalue weighted by Crippen LogP contribution is -2.13. The molecule has 0 N–H and O–H groups in total. The van der Waals surface area contributed by atoms with Crippen LogP contribution >= 0.6 is 0 Å². The number of hydrogen-bond donors (Lipinski definition) is 0. The maximum Gasteiger partial charge on any atom is 0.255 e. The molecule has 0 amide bonds. The average molecular weight is 161 g/mol. The number of nitrogens with zero attached hydrogens (tertiary/aromatic N) is 1. The highest BCUT2D eigenvalue weighted by molar-refractivity contribution is 7.90. The minimum absolute atomic E-state index is 0.231. The van der Waals surface area contributed by atoms with Gasteiger partial charge < -0.3 is 0 Å². The zero-order chi connectivity index (χ0) is 7.61. The van der Waals surface area contributed by atoms with Gasteiger partial charge in [-0.3, -0.25) is 0 Å². The Morgan fingerprint density at radius 3 is 2.20 bits per heavy atom. The van der Waals surface area contributed by atoms with Crippen molar-refractivity contribution in [1.82, 2.24) is 0 Å². The molecule has 0 heterocycles. The maximum absolute atomic E-state index is 11.0. The molecule has 0 aliphatic heterocycles. The van der Waals surface area contributed by atoms with Gasteiger partial charge in [0.05, 0.1) is 5.25 Å². The number of rotatable bonds is 2. The Labute approximate surface area is 61.2 Å². The lowest BCUT2D eigenvalue weighted by molar-refractivity contribution is 0.582. The van der Waals surface area contributed by atoms with Crippen LogP contribution in [0.3, 0.4) is 0 Å². The molecule has 1 saturated carbocycles. The number of sulfonamides is 1. The first-order valence-electron chi connectivity index (χ1n) is 3.38. The summed E-state index contributed by atoms with van der Waals surface area (Å²) in [6.45, 7) is 3.04. The van der Waals surface area contributed by atoms with E-state index in [1.165, 1.54) is 0 Å². The lowest BCUT2D eigenvalue weighted by Gasteiger charge is -2.03. The molecular formula is C6H11NO2S. The molecule has 0 atom stereocenters. The van der Waals surface area contributed by atoms with Crippen LogP contribution in [0.1, 0.15) is 25.7 Å². The molecule has 3 nitrogen and oxygen atoms in total. The Bertz CT molecular complexity index is 214. The van der Waals surface area contributed by atoms with Gasteiger partial charge in [0.15, 0.2) is 0 Å². The third kappa shape index (κ3) is 1.37. The van der Waals surface area contributed by atoms with Gasteiger partial charge in [-0.15, -0.1) is 0 Å². The van der Waals surface area contributed by atoms with Crippen LogP contribution in [0.5, 0.6) is 0 Å². The summed E-state index contributed by atoms with van der Waals surface area (Å²) in [5, 5.41) is -0.231. The van der Waals surface area contributed by atoms with Crippen molar-refractivity contribution in [1.29, 1.82) is 0 Å². The predicted molar refractivity (Wildman–Crippen MR) is 40.7 cm³/mol. The second-order valence-corrected chi connectivity index (χ2v) is 4.51. The van der Waals surface area contributed by atoms with Crippen molar-refractivity contribution in [3.05, 3.63) is 0 Å². The van der Waals surface area contributed by atoms with Crippen LogP contribution in [0, 0.1) is 0 Å². The van der Waals surface area contributed by atoms with Crippen LogP contribution in [0.25, 0.3) is 0 Å². The molecule has 0 unspecified atom stereocenters. The SMILES string of the molecule is C=NS(=O)(=O)C1CCCC1. The van der Waals surface area contributed by atoms with E-state index in [-0.39, 0.29) is 5.25 Å². The largest absolute Gasteiger partial charge is 0.255 e. The van der Waals surface area contributed by atoms with Crippen LogP contribution in [0.2, 0.25) is 0 Å². The van der Waals surface area contributed by atoms with Crippen LogP contribution in [0.15, 0.2) is 4.40 Å². The summed E-state index contributed by atoms with van der Waals surface area (Å²) in [5.41, 5.74) is 0. The van der Waals surface area contributed by atoms with E-state index in [1.807, 2.05) is 0 Å². The van der Waals surface area contributed by atoms with Crippen LogP contribution in [-0.2, 0) is 10.0 Å². The third-order valence-electron chi connectivity index (χ3n) is 1.90. The topological polar surface area (TPSA) is 46.5 Å². The first kappa shape index (κ1) is 7.72. The summed E-state index contributed by atoms with van der Waals surface area (Å²) in [4.78, 5) is 0. The first-order valence-corrected chi connectivity index (χ1v) is 4.89. The molecule has 0 bridgehead atoms. The Balaban J connectivity index is 2.72. The fourth-order valence-corrected chi connectivity index (χ4v) is 2.43. The van der Waals surface area contributed by atoms with Gasteiger partial charge >= 0.3 is 0 Å². The minimum Gasteiger partial charge on any atom is -0.204 e. The Morgan fingerprint density at radius 2 is 1.80 bits per heavy atom. The molecule has 0 aromatic heterocycles. The molecule has 4 heteroatoms. The normalized spacial score (nSPS) is 21.2. The molecule has 1 aliphatic carbocycles. The first-order chi connectivity index (χ1) is 4.67. The fraction of sp³-hybridized carbons (Fsp3) is 0.833. The quantitative estimate of drug-likeness (QED) is 0.566. The van der Waals surface area contributed by atoms with Gasteiger partial charge in [-0.25, -0.2) is 8.42 Å². The van der Waals surface area contributed by atoms with Gasteiger partial charge in [-0.05, 0) is 12.8 Å². The highest BCUT2D eigenvalue weighted by Gasteiger charge is 2.26. The smallest absolute Gasteiger partial charge is 0.204 e. The van der Waals surface area contributed by atoms with E-state index < -0.39 is 10.0 Å². The van der Waals surface area contributed by atoms with Gasteiger partial charge in [-0.1, -0.05) is 12.8 Å². The van der Waals surface area contributed by atoms with Crippen LogP contribution in [-0.4, -0.2) is 20.4 Å². The summed E-state index contributed by atoms with van der Waals surface area (Å²) in [7, 11) is -3.18. The zero-order valence-corrected chi connectivity index (χ0v) is 6.60. The lowest BCUT2D eigenvalue weighted by atomic mass is 10.4. The standard InChI is InChI=1S/C6H11NO2S/c1-7-10(8,9)6-4-2-3-5-6/h6H,1-5H2. The third-order valence-corrected chi connectivity index (χ3v) is 3.58. The summed E-state index contributed by atoms with van der Waals surface area (Å²) in [6.07, 6.45) is 3.56. The Morgan fingerprint density at radius 1 is 1.30 bits per heavy atom. The van der Waals surface area contributed by atoms with E-state index in [0.29, 0.717) is 0 Å². The van der Waals surface area contributed by atoms with Crippen molar-refractivity contribution in [2.45, 2.75) is 30.9 Å².